The minimum absolute atomic E-state index is 0.0228. The van der Waals surface area contributed by atoms with Crippen molar-refractivity contribution in [2.24, 2.45) is 0 Å². The second-order valence-corrected chi connectivity index (χ2v) is 6.33. The molecule has 8 heteroatoms. The standard InChI is InChI=1S/C19H14ClFN2O4/c20-12-3-6-15-11(8-12)9-14(18(24)25)17(22-15)23-16(19(26)27)7-10-1-4-13(21)5-2-10/h1-6,8-9,16H,7H2,(H,22,23)(H,24,25)(H,26,27). The van der Waals surface area contributed by atoms with Gasteiger partial charge in [-0.15, -0.1) is 0 Å². The minimum atomic E-state index is -1.25. The van der Waals surface area contributed by atoms with Gasteiger partial charge in [0.25, 0.3) is 0 Å². The summed E-state index contributed by atoms with van der Waals surface area (Å²) in [6, 6.07) is 10.4. The number of hydrogen-bond donors (Lipinski definition) is 3. The van der Waals surface area contributed by atoms with Gasteiger partial charge in [0.05, 0.1) is 5.52 Å². The summed E-state index contributed by atoms with van der Waals surface area (Å²) in [4.78, 5) is 27.5. The lowest BCUT2D eigenvalue weighted by Crippen LogP contribution is -2.32. The van der Waals surface area contributed by atoms with Crippen molar-refractivity contribution in [3.05, 3.63) is 70.5 Å². The zero-order chi connectivity index (χ0) is 19.6. The topological polar surface area (TPSA) is 99.5 Å². The Bertz CT molecular complexity index is 1020. The van der Waals surface area contributed by atoms with E-state index < -0.39 is 23.8 Å². The molecule has 1 heterocycles. The Kier molecular flexibility index (Phi) is 5.23. The van der Waals surface area contributed by atoms with E-state index in [0.29, 0.717) is 21.5 Å². The van der Waals surface area contributed by atoms with Gasteiger partial charge in [-0.3, -0.25) is 0 Å². The first kappa shape index (κ1) is 18.6. The highest BCUT2D eigenvalue weighted by molar-refractivity contribution is 6.31. The van der Waals surface area contributed by atoms with Crippen LogP contribution in [0.15, 0.2) is 48.5 Å². The lowest BCUT2D eigenvalue weighted by molar-refractivity contribution is -0.137. The van der Waals surface area contributed by atoms with Gasteiger partial charge in [0.1, 0.15) is 23.2 Å². The molecule has 0 aliphatic rings. The van der Waals surface area contributed by atoms with Crippen LogP contribution in [-0.2, 0) is 11.2 Å². The number of pyridine rings is 1. The Balaban J connectivity index is 1.97. The minimum Gasteiger partial charge on any atom is -0.480 e. The Hall–Kier alpha value is -3.19. The Morgan fingerprint density at radius 2 is 1.81 bits per heavy atom. The summed E-state index contributed by atoms with van der Waals surface area (Å²) in [5.41, 5.74) is 0.883. The molecule has 1 atom stereocenters. The van der Waals surface area contributed by atoms with Crippen molar-refractivity contribution in [1.29, 1.82) is 0 Å². The molecule has 0 radical (unpaired) electrons. The van der Waals surface area contributed by atoms with Gasteiger partial charge < -0.3 is 15.5 Å². The first-order chi connectivity index (χ1) is 12.8. The normalized spacial score (nSPS) is 11.9. The van der Waals surface area contributed by atoms with Crippen LogP contribution in [0.4, 0.5) is 10.2 Å². The first-order valence-corrected chi connectivity index (χ1v) is 8.28. The van der Waals surface area contributed by atoms with Crippen LogP contribution in [0, 0.1) is 5.82 Å². The average Bonchev–Trinajstić information content (AvgIpc) is 2.62. The highest BCUT2D eigenvalue weighted by Gasteiger charge is 2.22. The van der Waals surface area contributed by atoms with Crippen molar-refractivity contribution in [3.63, 3.8) is 0 Å². The number of halogens is 2. The number of carboxylic acids is 2. The van der Waals surface area contributed by atoms with Crippen molar-refractivity contribution >= 4 is 40.3 Å². The van der Waals surface area contributed by atoms with Gasteiger partial charge in [0, 0.05) is 16.8 Å². The van der Waals surface area contributed by atoms with E-state index in [1.54, 1.807) is 18.2 Å². The summed E-state index contributed by atoms with van der Waals surface area (Å²) in [6.45, 7) is 0. The van der Waals surface area contributed by atoms with E-state index >= 15 is 0 Å². The number of hydrogen-bond acceptors (Lipinski definition) is 4. The molecule has 1 aromatic heterocycles. The van der Waals surface area contributed by atoms with E-state index in [2.05, 4.69) is 10.3 Å². The zero-order valence-corrected chi connectivity index (χ0v) is 14.6. The van der Waals surface area contributed by atoms with Gasteiger partial charge in [-0.05, 0) is 42.0 Å². The molecule has 0 aliphatic heterocycles. The summed E-state index contributed by atoms with van der Waals surface area (Å²) in [7, 11) is 0. The summed E-state index contributed by atoms with van der Waals surface area (Å²) in [5.74, 6) is -2.93. The number of carbonyl (C=O) groups is 2. The van der Waals surface area contributed by atoms with Crippen LogP contribution < -0.4 is 5.32 Å². The van der Waals surface area contributed by atoms with Crippen molar-refractivity contribution in [2.75, 3.05) is 5.32 Å². The molecule has 0 bridgehead atoms. The third-order valence-electron chi connectivity index (χ3n) is 3.97. The van der Waals surface area contributed by atoms with Crippen LogP contribution in [-0.4, -0.2) is 33.2 Å². The maximum Gasteiger partial charge on any atom is 0.339 e. The van der Waals surface area contributed by atoms with Crippen LogP contribution in [0.25, 0.3) is 10.9 Å². The maximum atomic E-state index is 13.0. The average molecular weight is 389 g/mol. The lowest BCUT2D eigenvalue weighted by Gasteiger charge is -2.17. The molecule has 3 N–H and O–H groups in total. The first-order valence-electron chi connectivity index (χ1n) is 7.91. The summed E-state index contributed by atoms with van der Waals surface area (Å²) in [5, 5.41) is 22.6. The van der Waals surface area contributed by atoms with Crippen molar-refractivity contribution in [1.82, 2.24) is 4.98 Å². The zero-order valence-electron chi connectivity index (χ0n) is 13.8. The molecule has 0 saturated carbocycles. The van der Waals surface area contributed by atoms with Gasteiger partial charge in [-0.25, -0.2) is 19.0 Å². The number of aliphatic carboxylic acids is 1. The van der Waals surface area contributed by atoms with E-state index in [0.717, 1.165) is 0 Å². The number of nitrogens with zero attached hydrogens (tertiary/aromatic N) is 1. The molecule has 1 unspecified atom stereocenters. The second kappa shape index (κ2) is 7.59. The molecular weight excluding hydrogens is 375 g/mol. The fourth-order valence-electron chi connectivity index (χ4n) is 2.64. The molecular formula is C19H14ClFN2O4. The largest absolute Gasteiger partial charge is 0.480 e. The number of aromatic carboxylic acids is 1. The number of carboxylic acid groups (broad SMARTS) is 2. The molecule has 138 valence electrons. The SMILES string of the molecule is O=C(O)c1cc2cc(Cl)ccc2nc1NC(Cc1ccc(F)cc1)C(=O)O. The van der Waals surface area contributed by atoms with Gasteiger partial charge in [0.2, 0.25) is 0 Å². The fourth-order valence-corrected chi connectivity index (χ4v) is 2.82. The molecule has 3 rings (SSSR count). The van der Waals surface area contributed by atoms with E-state index in [1.165, 1.54) is 30.3 Å². The molecule has 27 heavy (non-hydrogen) atoms. The van der Waals surface area contributed by atoms with Crippen molar-refractivity contribution in [3.8, 4) is 0 Å². The molecule has 0 aliphatic carbocycles. The number of aromatic nitrogens is 1. The Labute approximate surface area is 158 Å². The number of benzene rings is 2. The van der Waals surface area contributed by atoms with Gasteiger partial charge in [-0.2, -0.15) is 0 Å². The van der Waals surface area contributed by atoms with E-state index in [1.807, 2.05) is 0 Å². The number of anilines is 1. The van der Waals surface area contributed by atoms with E-state index in [9.17, 15) is 24.2 Å². The smallest absolute Gasteiger partial charge is 0.339 e. The van der Waals surface area contributed by atoms with Crippen molar-refractivity contribution < 1.29 is 24.2 Å². The number of fused-ring (bicyclic) bond motifs is 1. The van der Waals surface area contributed by atoms with Crippen molar-refractivity contribution in [2.45, 2.75) is 12.5 Å². The third-order valence-corrected chi connectivity index (χ3v) is 4.20. The molecule has 0 fully saturated rings. The van der Waals surface area contributed by atoms with Gasteiger partial charge >= 0.3 is 11.9 Å². The van der Waals surface area contributed by atoms with E-state index in [-0.39, 0.29) is 17.8 Å². The van der Waals surface area contributed by atoms with Crippen LogP contribution in [0.3, 0.4) is 0 Å². The number of nitrogens with one attached hydrogen (secondary N) is 1. The number of rotatable bonds is 6. The van der Waals surface area contributed by atoms with Gasteiger partial charge in [0.15, 0.2) is 0 Å². The summed E-state index contributed by atoms with van der Waals surface area (Å²) in [6.07, 6.45) is 0.0228. The lowest BCUT2D eigenvalue weighted by atomic mass is 10.1. The predicted octanol–water partition coefficient (Wildman–Crippen LogP) is 3.83. The highest BCUT2D eigenvalue weighted by Crippen LogP contribution is 2.24. The predicted molar refractivity (Wildman–Crippen MR) is 98.9 cm³/mol. The third kappa shape index (κ3) is 4.32. The van der Waals surface area contributed by atoms with Crippen LogP contribution >= 0.6 is 11.6 Å². The fraction of sp³-hybridized carbons (Fsp3) is 0.105. The molecule has 0 spiro atoms. The molecule has 0 amide bonds. The quantitative estimate of drug-likeness (QED) is 0.593. The van der Waals surface area contributed by atoms with Gasteiger partial charge in [-0.1, -0.05) is 23.7 Å². The Morgan fingerprint density at radius 1 is 1.11 bits per heavy atom. The second-order valence-electron chi connectivity index (χ2n) is 5.89. The summed E-state index contributed by atoms with van der Waals surface area (Å²) < 4.78 is 13.0. The Morgan fingerprint density at radius 3 is 2.44 bits per heavy atom. The summed E-state index contributed by atoms with van der Waals surface area (Å²) >= 11 is 5.92. The molecule has 3 aromatic rings. The van der Waals surface area contributed by atoms with Crippen LogP contribution in [0.2, 0.25) is 5.02 Å². The molecule has 2 aromatic carbocycles. The monoisotopic (exact) mass is 388 g/mol. The highest BCUT2D eigenvalue weighted by atomic mass is 35.5. The van der Waals surface area contributed by atoms with E-state index in [4.69, 9.17) is 11.6 Å². The van der Waals surface area contributed by atoms with Crippen LogP contribution in [0.1, 0.15) is 15.9 Å². The molecule has 6 nitrogen and oxygen atoms in total. The molecule has 0 saturated heterocycles. The van der Waals surface area contributed by atoms with Crippen LogP contribution in [0.5, 0.6) is 0 Å². The maximum absolute atomic E-state index is 13.0.